The molecule has 0 aliphatic carbocycles. The first-order chi connectivity index (χ1) is 11.2. The van der Waals surface area contributed by atoms with Crippen LogP contribution in [0.25, 0.3) is 0 Å². The van der Waals surface area contributed by atoms with Crippen molar-refractivity contribution in [3.63, 3.8) is 0 Å². The fourth-order valence-electron chi connectivity index (χ4n) is 2.36. The van der Waals surface area contributed by atoms with Gasteiger partial charge in [-0.25, -0.2) is 0 Å². The van der Waals surface area contributed by atoms with E-state index in [0.717, 1.165) is 29.0 Å². The maximum absolute atomic E-state index is 12.4. The van der Waals surface area contributed by atoms with Crippen molar-refractivity contribution in [2.75, 3.05) is 12.4 Å². The van der Waals surface area contributed by atoms with Crippen molar-refractivity contribution in [3.8, 4) is 11.8 Å². The molecule has 0 radical (unpaired) electrons. The summed E-state index contributed by atoms with van der Waals surface area (Å²) in [5.41, 5.74) is 2.76. The number of para-hydroxylation sites is 1. The van der Waals surface area contributed by atoms with Gasteiger partial charge in [0.05, 0.1) is 13.2 Å². The molecule has 0 aromatic heterocycles. The average Bonchev–Trinajstić information content (AvgIpc) is 2.60. The summed E-state index contributed by atoms with van der Waals surface area (Å²) < 4.78 is 5.11. The first kappa shape index (κ1) is 16.6. The third-order valence-corrected chi connectivity index (χ3v) is 3.73. The lowest BCUT2D eigenvalue weighted by molar-refractivity contribution is -0.118. The summed E-state index contributed by atoms with van der Waals surface area (Å²) in [5.74, 6) is -0.249. The van der Waals surface area contributed by atoms with Gasteiger partial charge in [-0.3, -0.25) is 4.79 Å². The predicted octanol–water partition coefficient (Wildman–Crippen LogP) is 3.58. The average molecular weight is 308 g/mol. The van der Waals surface area contributed by atoms with Crippen molar-refractivity contribution in [1.82, 2.24) is 0 Å². The van der Waals surface area contributed by atoms with Gasteiger partial charge in [0.1, 0.15) is 11.7 Å². The van der Waals surface area contributed by atoms with Gasteiger partial charge in [0, 0.05) is 5.69 Å². The Hall–Kier alpha value is -2.80. The third kappa shape index (κ3) is 4.33. The summed E-state index contributed by atoms with van der Waals surface area (Å²) in [6.07, 6.45) is 1.20. The van der Waals surface area contributed by atoms with Gasteiger partial charge in [0.25, 0.3) is 0 Å². The Balaban J connectivity index is 2.07. The summed E-state index contributed by atoms with van der Waals surface area (Å²) >= 11 is 0. The molecule has 0 aliphatic rings. The second-order valence-corrected chi connectivity index (χ2v) is 5.23. The Labute approximate surface area is 136 Å². The first-order valence-electron chi connectivity index (χ1n) is 7.59. The van der Waals surface area contributed by atoms with Crippen LogP contribution in [0.1, 0.15) is 18.1 Å². The monoisotopic (exact) mass is 308 g/mol. The minimum absolute atomic E-state index is 0.274. The van der Waals surface area contributed by atoms with Crippen molar-refractivity contribution < 1.29 is 9.53 Å². The molecule has 1 unspecified atom stereocenters. The largest absolute Gasteiger partial charge is 0.497 e. The Morgan fingerprint density at radius 1 is 1.22 bits per heavy atom. The molecule has 0 saturated carbocycles. The van der Waals surface area contributed by atoms with E-state index in [-0.39, 0.29) is 5.91 Å². The predicted molar refractivity (Wildman–Crippen MR) is 90.3 cm³/mol. The Bertz CT molecular complexity index is 702. The first-order valence-corrected chi connectivity index (χ1v) is 7.59. The molecule has 23 heavy (non-hydrogen) atoms. The second kappa shape index (κ2) is 8.00. The quantitative estimate of drug-likeness (QED) is 0.887. The second-order valence-electron chi connectivity index (χ2n) is 5.23. The zero-order valence-corrected chi connectivity index (χ0v) is 13.4. The van der Waals surface area contributed by atoms with Gasteiger partial charge in [-0.15, -0.1) is 0 Å². The molecule has 0 spiro atoms. The van der Waals surface area contributed by atoms with Gasteiger partial charge in [-0.05, 0) is 42.2 Å². The maximum atomic E-state index is 12.4. The van der Waals surface area contributed by atoms with Gasteiger partial charge < -0.3 is 10.1 Å². The zero-order chi connectivity index (χ0) is 16.7. The van der Waals surface area contributed by atoms with Crippen LogP contribution in [-0.4, -0.2) is 13.0 Å². The highest BCUT2D eigenvalue weighted by atomic mass is 16.5. The smallest absolute Gasteiger partial charge is 0.242 e. The standard InChI is InChI=1S/C19H20N2O2/c1-3-15-6-4-5-7-18(15)21-19(22)16(13-20)12-14-8-10-17(23-2)11-9-14/h4-11,16H,3,12H2,1-2H3,(H,21,22). The molecule has 0 aliphatic heterocycles. The van der Waals surface area contributed by atoms with Crippen molar-refractivity contribution in [1.29, 1.82) is 5.26 Å². The van der Waals surface area contributed by atoms with E-state index in [1.54, 1.807) is 7.11 Å². The zero-order valence-electron chi connectivity index (χ0n) is 13.4. The van der Waals surface area contributed by atoms with Gasteiger partial charge >= 0.3 is 0 Å². The van der Waals surface area contributed by atoms with Crippen LogP contribution in [0, 0.1) is 17.2 Å². The summed E-state index contributed by atoms with van der Waals surface area (Å²) in [5, 5.41) is 12.2. The maximum Gasteiger partial charge on any atom is 0.242 e. The molecule has 4 heteroatoms. The highest BCUT2D eigenvalue weighted by Crippen LogP contribution is 2.19. The van der Waals surface area contributed by atoms with Crippen molar-refractivity contribution in [2.24, 2.45) is 5.92 Å². The molecule has 2 aromatic rings. The number of rotatable bonds is 6. The van der Waals surface area contributed by atoms with Crippen LogP contribution in [-0.2, 0) is 17.6 Å². The fourth-order valence-corrected chi connectivity index (χ4v) is 2.36. The van der Waals surface area contributed by atoms with E-state index in [2.05, 4.69) is 11.4 Å². The van der Waals surface area contributed by atoms with E-state index in [9.17, 15) is 10.1 Å². The normalized spacial score (nSPS) is 11.3. The lowest BCUT2D eigenvalue weighted by Crippen LogP contribution is -2.24. The number of nitriles is 1. The van der Waals surface area contributed by atoms with Crippen LogP contribution in [0.2, 0.25) is 0 Å². The molecular weight excluding hydrogens is 288 g/mol. The Morgan fingerprint density at radius 2 is 1.91 bits per heavy atom. The summed E-state index contributed by atoms with van der Waals surface area (Å²) in [4.78, 5) is 12.4. The summed E-state index contributed by atoms with van der Waals surface area (Å²) in [6.45, 7) is 2.03. The minimum Gasteiger partial charge on any atom is -0.497 e. The molecular formula is C19H20N2O2. The van der Waals surface area contributed by atoms with Gasteiger partial charge in [0.15, 0.2) is 0 Å². The van der Waals surface area contributed by atoms with Crippen LogP contribution in [0.15, 0.2) is 48.5 Å². The number of carbonyl (C=O) groups is 1. The molecule has 2 aromatic carbocycles. The number of nitrogens with zero attached hydrogens (tertiary/aromatic N) is 1. The van der Waals surface area contributed by atoms with Gasteiger partial charge in [-0.1, -0.05) is 37.3 Å². The summed E-state index contributed by atoms with van der Waals surface area (Å²) in [7, 11) is 1.60. The molecule has 1 N–H and O–H groups in total. The SMILES string of the molecule is CCc1ccccc1NC(=O)C(C#N)Cc1ccc(OC)cc1. The Morgan fingerprint density at radius 3 is 2.52 bits per heavy atom. The molecule has 4 nitrogen and oxygen atoms in total. The van der Waals surface area contributed by atoms with Crippen molar-refractivity contribution >= 4 is 11.6 Å². The van der Waals surface area contributed by atoms with Crippen LogP contribution < -0.4 is 10.1 Å². The van der Waals surface area contributed by atoms with E-state index < -0.39 is 5.92 Å². The fraction of sp³-hybridized carbons (Fsp3) is 0.263. The number of benzene rings is 2. The van der Waals surface area contributed by atoms with E-state index in [1.807, 2.05) is 55.5 Å². The molecule has 118 valence electrons. The van der Waals surface area contributed by atoms with E-state index in [1.165, 1.54) is 0 Å². The molecule has 0 heterocycles. The Kier molecular flexibility index (Phi) is 5.76. The molecule has 0 fully saturated rings. The van der Waals surface area contributed by atoms with Crippen LogP contribution >= 0.6 is 0 Å². The molecule has 2 rings (SSSR count). The lowest BCUT2D eigenvalue weighted by Gasteiger charge is -2.13. The number of nitrogens with one attached hydrogen (secondary N) is 1. The van der Waals surface area contributed by atoms with Crippen LogP contribution in [0.3, 0.4) is 0 Å². The number of hydrogen-bond donors (Lipinski definition) is 1. The van der Waals surface area contributed by atoms with Crippen LogP contribution in [0.4, 0.5) is 5.69 Å². The van der Waals surface area contributed by atoms with E-state index >= 15 is 0 Å². The number of carbonyl (C=O) groups excluding carboxylic acids is 1. The van der Waals surface area contributed by atoms with Crippen molar-refractivity contribution in [3.05, 3.63) is 59.7 Å². The number of hydrogen-bond acceptors (Lipinski definition) is 3. The number of methoxy groups -OCH3 is 1. The van der Waals surface area contributed by atoms with E-state index in [0.29, 0.717) is 6.42 Å². The lowest BCUT2D eigenvalue weighted by atomic mass is 9.99. The number of anilines is 1. The molecule has 0 saturated heterocycles. The third-order valence-electron chi connectivity index (χ3n) is 3.73. The topological polar surface area (TPSA) is 62.1 Å². The van der Waals surface area contributed by atoms with Gasteiger partial charge in [-0.2, -0.15) is 5.26 Å². The molecule has 0 bridgehead atoms. The molecule has 1 atom stereocenters. The number of ether oxygens (including phenoxy) is 1. The van der Waals surface area contributed by atoms with Crippen molar-refractivity contribution in [2.45, 2.75) is 19.8 Å². The minimum atomic E-state index is -0.728. The van der Waals surface area contributed by atoms with E-state index in [4.69, 9.17) is 4.74 Å². The number of amides is 1. The molecule has 1 amide bonds. The highest BCUT2D eigenvalue weighted by molar-refractivity contribution is 5.95. The highest BCUT2D eigenvalue weighted by Gasteiger charge is 2.19. The van der Waals surface area contributed by atoms with Gasteiger partial charge in [0.2, 0.25) is 5.91 Å². The number of aryl methyl sites for hydroxylation is 1. The van der Waals surface area contributed by atoms with Crippen LogP contribution in [0.5, 0.6) is 5.75 Å². The summed E-state index contributed by atoms with van der Waals surface area (Å²) in [6, 6.07) is 17.1.